The minimum atomic E-state index is -0.158. The molecule has 3 fully saturated rings. The van der Waals surface area contributed by atoms with Crippen molar-refractivity contribution in [1.29, 1.82) is 0 Å². The van der Waals surface area contributed by atoms with Crippen molar-refractivity contribution in [1.82, 2.24) is 24.4 Å². The van der Waals surface area contributed by atoms with E-state index in [9.17, 15) is 4.79 Å². The average molecular weight is 369 g/mol. The molecular weight excluding hydrogens is 342 g/mol. The Bertz CT molecular complexity index is 831. The lowest BCUT2D eigenvalue weighted by molar-refractivity contribution is -0.0450. The molecule has 5 rings (SSSR count). The van der Waals surface area contributed by atoms with Gasteiger partial charge in [-0.25, -0.2) is 9.50 Å². The summed E-state index contributed by atoms with van der Waals surface area (Å²) in [6.07, 6.45) is 10.9. The van der Waals surface area contributed by atoms with Gasteiger partial charge in [-0.2, -0.15) is 5.10 Å². The normalized spacial score (nSPS) is 29.2. The third-order valence-corrected chi connectivity index (χ3v) is 6.34. The lowest BCUT2D eigenvalue weighted by atomic mass is 9.86. The van der Waals surface area contributed by atoms with Crippen molar-refractivity contribution in [2.45, 2.75) is 37.7 Å². The zero-order valence-corrected chi connectivity index (χ0v) is 15.7. The summed E-state index contributed by atoms with van der Waals surface area (Å²) >= 11 is 0. The number of aromatic nitrogens is 3. The van der Waals surface area contributed by atoms with E-state index in [1.807, 2.05) is 17.2 Å². The first-order chi connectivity index (χ1) is 13.2. The lowest BCUT2D eigenvalue weighted by Crippen LogP contribution is -2.50. The third kappa shape index (κ3) is 3.23. The minimum absolute atomic E-state index is 0.0226. The number of piperidine rings is 1. The van der Waals surface area contributed by atoms with Gasteiger partial charge < -0.3 is 14.5 Å². The molecule has 3 saturated heterocycles. The second-order valence-electron chi connectivity index (χ2n) is 8.35. The predicted octanol–water partition coefficient (Wildman–Crippen LogP) is 1.84. The van der Waals surface area contributed by atoms with Gasteiger partial charge in [-0.1, -0.05) is 0 Å². The van der Waals surface area contributed by atoms with Crippen LogP contribution >= 0.6 is 0 Å². The molecule has 7 heteroatoms. The Kier molecular flexibility index (Phi) is 4.36. The highest BCUT2D eigenvalue weighted by atomic mass is 16.5. The fourth-order valence-corrected chi connectivity index (χ4v) is 5.09. The monoisotopic (exact) mass is 369 g/mol. The van der Waals surface area contributed by atoms with Gasteiger partial charge in [-0.15, -0.1) is 0 Å². The summed E-state index contributed by atoms with van der Waals surface area (Å²) in [5, 5.41) is 4.26. The number of hydrogen-bond donors (Lipinski definition) is 0. The number of carbonyl (C=O) groups is 1. The maximum atomic E-state index is 13.1. The summed E-state index contributed by atoms with van der Waals surface area (Å²) in [5.74, 6) is 0.617. The molecular formula is C20H27N5O2. The van der Waals surface area contributed by atoms with Crippen LogP contribution in [0.3, 0.4) is 0 Å². The molecule has 7 nitrogen and oxygen atoms in total. The van der Waals surface area contributed by atoms with Crippen LogP contribution in [0.15, 0.2) is 24.7 Å². The molecule has 144 valence electrons. The number of carbonyl (C=O) groups excluding carboxylic acids is 1. The fourth-order valence-electron chi connectivity index (χ4n) is 5.09. The summed E-state index contributed by atoms with van der Waals surface area (Å²) < 4.78 is 7.99. The van der Waals surface area contributed by atoms with E-state index in [2.05, 4.69) is 15.0 Å². The van der Waals surface area contributed by atoms with Gasteiger partial charge in [0.15, 0.2) is 5.65 Å². The van der Waals surface area contributed by atoms with Gasteiger partial charge in [0.2, 0.25) is 0 Å². The highest BCUT2D eigenvalue weighted by Crippen LogP contribution is 2.38. The molecule has 0 unspecified atom stereocenters. The molecule has 0 N–H and O–H groups in total. The summed E-state index contributed by atoms with van der Waals surface area (Å²) in [4.78, 5) is 22.0. The van der Waals surface area contributed by atoms with Crippen LogP contribution < -0.4 is 0 Å². The van der Waals surface area contributed by atoms with Gasteiger partial charge in [-0.05, 0) is 57.2 Å². The molecule has 3 aliphatic heterocycles. The fraction of sp³-hybridized carbons (Fsp3) is 0.650. The highest BCUT2D eigenvalue weighted by molar-refractivity contribution is 5.99. The Labute approximate surface area is 159 Å². The molecule has 0 radical (unpaired) electrons. The van der Waals surface area contributed by atoms with Crippen molar-refractivity contribution in [2.24, 2.45) is 5.92 Å². The van der Waals surface area contributed by atoms with E-state index < -0.39 is 0 Å². The van der Waals surface area contributed by atoms with E-state index in [0.29, 0.717) is 23.7 Å². The first-order valence-electron chi connectivity index (χ1n) is 10.2. The Morgan fingerprint density at radius 2 is 2.15 bits per heavy atom. The van der Waals surface area contributed by atoms with Crippen LogP contribution in [-0.2, 0) is 4.74 Å². The summed E-state index contributed by atoms with van der Waals surface area (Å²) in [7, 11) is 0. The summed E-state index contributed by atoms with van der Waals surface area (Å²) in [6.45, 7) is 5.91. The van der Waals surface area contributed by atoms with Gasteiger partial charge in [-0.3, -0.25) is 4.79 Å². The van der Waals surface area contributed by atoms with Crippen molar-refractivity contribution in [3.8, 4) is 0 Å². The number of likely N-dealkylation sites (tertiary alicyclic amines) is 2. The largest absolute Gasteiger partial charge is 0.373 e. The van der Waals surface area contributed by atoms with Crippen molar-refractivity contribution in [2.75, 3.05) is 39.3 Å². The zero-order valence-electron chi connectivity index (χ0n) is 15.7. The maximum Gasteiger partial charge on any atom is 0.259 e. The van der Waals surface area contributed by atoms with E-state index in [-0.39, 0.29) is 11.5 Å². The average Bonchev–Trinajstić information content (AvgIpc) is 3.42. The molecule has 27 heavy (non-hydrogen) atoms. The number of rotatable bonds is 3. The number of ether oxygens (including phenoxy) is 1. The second-order valence-corrected chi connectivity index (χ2v) is 8.35. The number of fused-ring (bicyclic) bond motifs is 1. The molecule has 2 aromatic heterocycles. The summed E-state index contributed by atoms with van der Waals surface area (Å²) in [6, 6.07) is 1.82. The predicted molar refractivity (Wildman–Crippen MR) is 101 cm³/mol. The number of nitrogens with zero attached hydrogens (tertiary/aromatic N) is 5. The smallest absolute Gasteiger partial charge is 0.259 e. The van der Waals surface area contributed by atoms with Crippen molar-refractivity contribution >= 4 is 11.6 Å². The molecule has 1 spiro atoms. The van der Waals surface area contributed by atoms with E-state index in [1.165, 1.54) is 25.9 Å². The minimum Gasteiger partial charge on any atom is -0.373 e. The van der Waals surface area contributed by atoms with Gasteiger partial charge >= 0.3 is 0 Å². The first-order valence-corrected chi connectivity index (χ1v) is 10.2. The second kappa shape index (κ2) is 6.87. The van der Waals surface area contributed by atoms with Crippen LogP contribution in [-0.4, -0.2) is 75.2 Å². The van der Waals surface area contributed by atoms with Crippen LogP contribution in [0.4, 0.5) is 0 Å². The van der Waals surface area contributed by atoms with Gasteiger partial charge in [0.1, 0.15) is 5.56 Å². The molecule has 1 amide bonds. The van der Waals surface area contributed by atoms with E-state index in [4.69, 9.17) is 4.74 Å². The van der Waals surface area contributed by atoms with Crippen LogP contribution in [0.5, 0.6) is 0 Å². The highest BCUT2D eigenvalue weighted by Gasteiger charge is 2.45. The van der Waals surface area contributed by atoms with Crippen molar-refractivity contribution < 1.29 is 9.53 Å². The zero-order chi connectivity index (χ0) is 18.3. The van der Waals surface area contributed by atoms with E-state index >= 15 is 0 Å². The molecule has 0 bridgehead atoms. The molecule has 2 aromatic rings. The van der Waals surface area contributed by atoms with Crippen LogP contribution in [0.2, 0.25) is 0 Å². The third-order valence-electron chi connectivity index (χ3n) is 6.34. The summed E-state index contributed by atoms with van der Waals surface area (Å²) in [5.41, 5.74) is 1.05. The Morgan fingerprint density at radius 3 is 3.04 bits per heavy atom. The van der Waals surface area contributed by atoms with Gasteiger partial charge in [0, 0.05) is 32.0 Å². The molecule has 0 aliphatic carbocycles. The number of hydrogen-bond acceptors (Lipinski definition) is 5. The lowest BCUT2D eigenvalue weighted by Gasteiger charge is -2.39. The van der Waals surface area contributed by atoms with E-state index in [0.717, 1.165) is 39.0 Å². The van der Waals surface area contributed by atoms with Crippen LogP contribution in [0, 0.1) is 5.92 Å². The number of amides is 1. The molecule has 0 aromatic carbocycles. The van der Waals surface area contributed by atoms with Crippen molar-refractivity contribution in [3.05, 3.63) is 30.2 Å². The Morgan fingerprint density at radius 1 is 1.26 bits per heavy atom. The Balaban J connectivity index is 1.28. The molecule has 2 atom stereocenters. The standard InChI is InChI=1S/C20H27N5O2/c26-19(17-12-22-25-10-4-6-21-18(17)25)24-9-3-5-20(15-24)11-16(14-27-20)13-23-7-1-2-8-23/h4,6,10,12,16H,1-3,5,7-9,11,13-15H2/t16-,20-/m1/s1. The Hall–Kier alpha value is -1.99. The van der Waals surface area contributed by atoms with Crippen LogP contribution in [0.1, 0.15) is 42.5 Å². The topological polar surface area (TPSA) is 63.0 Å². The van der Waals surface area contributed by atoms with E-state index in [1.54, 1.807) is 16.9 Å². The molecule has 3 aliphatic rings. The quantitative estimate of drug-likeness (QED) is 0.826. The maximum absolute atomic E-state index is 13.1. The van der Waals surface area contributed by atoms with Crippen LogP contribution in [0.25, 0.3) is 5.65 Å². The molecule has 5 heterocycles. The van der Waals surface area contributed by atoms with Gasteiger partial charge in [0.05, 0.1) is 18.4 Å². The first kappa shape index (κ1) is 17.1. The SMILES string of the molecule is O=C(c1cnn2cccnc12)N1CCC[C@@]2(C[C@H](CN3CCCC3)CO2)C1. The van der Waals surface area contributed by atoms with Crippen molar-refractivity contribution in [3.63, 3.8) is 0 Å². The van der Waals surface area contributed by atoms with Gasteiger partial charge in [0.25, 0.3) is 5.91 Å². The molecule has 0 saturated carbocycles.